The van der Waals surface area contributed by atoms with Gasteiger partial charge in [-0.1, -0.05) is 19.4 Å². The Morgan fingerprint density at radius 1 is 1.18 bits per heavy atom. The van der Waals surface area contributed by atoms with Gasteiger partial charge < -0.3 is 5.43 Å². The molecule has 2 nitrogen and oxygen atoms in total. The molecule has 0 unspecified atom stereocenters. The lowest BCUT2D eigenvalue weighted by Gasteiger charge is -2.21. The van der Waals surface area contributed by atoms with Crippen molar-refractivity contribution < 1.29 is 0 Å². The Labute approximate surface area is 69.2 Å². The van der Waals surface area contributed by atoms with Gasteiger partial charge in [0.2, 0.25) is 0 Å². The third kappa shape index (κ3) is 3.42. The lowest BCUT2D eigenvalue weighted by Crippen LogP contribution is -2.36. The quantitative estimate of drug-likeness (QED) is 0.653. The Morgan fingerprint density at radius 2 is 1.73 bits per heavy atom. The highest BCUT2D eigenvalue weighted by molar-refractivity contribution is 4.83. The highest BCUT2D eigenvalue weighted by atomic mass is 15.5. The van der Waals surface area contributed by atoms with Crippen LogP contribution in [-0.2, 0) is 0 Å². The molecule has 1 heterocycles. The molecule has 0 aliphatic carbocycles. The van der Waals surface area contributed by atoms with E-state index >= 15 is 0 Å². The van der Waals surface area contributed by atoms with E-state index in [9.17, 15) is 0 Å². The molecule has 0 atom stereocenters. The normalized spacial score (nSPS) is 20.8. The number of hydrogen-bond acceptors (Lipinski definition) is 2. The molecule has 0 amide bonds. The minimum atomic E-state index is 1.05. The van der Waals surface area contributed by atoms with Gasteiger partial charge in [-0.25, -0.2) is 5.01 Å². The summed E-state index contributed by atoms with van der Waals surface area (Å²) < 4.78 is 0. The summed E-state index contributed by atoms with van der Waals surface area (Å²) in [5, 5.41) is 2.27. The largest absolute Gasteiger partial charge is 0.324 e. The monoisotopic (exact) mass is 154 g/mol. The van der Waals surface area contributed by atoms with Crippen molar-refractivity contribution in [2.45, 2.75) is 32.6 Å². The SMILES string of the molecule is C=C(C)NN1CCCCCC1. The van der Waals surface area contributed by atoms with Crippen LogP contribution in [-0.4, -0.2) is 18.1 Å². The Hall–Kier alpha value is -0.500. The molecule has 1 aliphatic heterocycles. The molecular formula is C9H18N2. The molecule has 0 radical (unpaired) electrons. The minimum absolute atomic E-state index is 1.05. The second kappa shape index (κ2) is 4.39. The van der Waals surface area contributed by atoms with Crippen LogP contribution in [0, 0.1) is 0 Å². The van der Waals surface area contributed by atoms with Crippen molar-refractivity contribution in [2.24, 2.45) is 0 Å². The van der Waals surface area contributed by atoms with E-state index in [0.29, 0.717) is 0 Å². The molecule has 11 heavy (non-hydrogen) atoms. The van der Waals surface area contributed by atoms with Crippen LogP contribution in [0.15, 0.2) is 12.3 Å². The predicted molar refractivity (Wildman–Crippen MR) is 48.0 cm³/mol. The summed E-state index contributed by atoms with van der Waals surface area (Å²) in [5.41, 5.74) is 4.31. The molecule has 0 spiro atoms. The smallest absolute Gasteiger partial charge is 0.0178 e. The first kappa shape index (κ1) is 8.60. The molecule has 1 N–H and O–H groups in total. The van der Waals surface area contributed by atoms with Gasteiger partial charge in [-0.15, -0.1) is 0 Å². The topological polar surface area (TPSA) is 15.3 Å². The molecular weight excluding hydrogens is 136 g/mol. The zero-order valence-corrected chi connectivity index (χ0v) is 7.40. The number of allylic oxidation sites excluding steroid dienone is 1. The van der Waals surface area contributed by atoms with Crippen LogP contribution in [0.25, 0.3) is 0 Å². The average molecular weight is 154 g/mol. The van der Waals surface area contributed by atoms with Crippen molar-refractivity contribution in [2.75, 3.05) is 13.1 Å². The molecule has 0 aromatic rings. The number of hydrazine groups is 1. The maximum absolute atomic E-state index is 3.83. The van der Waals surface area contributed by atoms with Crippen molar-refractivity contribution in [1.82, 2.24) is 10.4 Å². The van der Waals surface area contributed by atoms with Crippen LogP contribution in [0.3, 0.4) is 0 Å². The van der Waals surface area contributed by atoms with E-state index in [2.05, 4.69) is 17.0 Å². The lowest BCUT2D eigenvalue weighted by molar-refractivity contribution is 0.221. The minimum Gasteiger partial charge on any atom is -0.324 e. The van der Waals surface area contributed by atoms with Crippen molar-refractivity contribution in [1.29, 1.82) is 0 Å². The first-order valence-corrected chi connectivity index (χ1v) is 4.46. The fraction of sp³-hybridized carbons (Fsp3) is 0.778. The Bertz CT molecular complexity index is 124. The van der Waals surface area contributed by atoms with Gasteiger partial charge in [-0.3, -0.25) is 0 Å². The second-order valence-electron chi connectivity index (χ2n) is 3.29. The van der Waals surface area contributed by atoms with Crippen LogP contribution in [0.2, 0.25) is 0 Å². The molecule has 2 heteroatoms. The van der Waals surface area contributed by atoms with Gasteiger partial charge >= 0.3 is 0 Å². The summed E-state index contributed by atoms with van der Waals surface area (Å²) in [6.45, 7) is 8.18. The van der Waals surface area contributed by atoms with Crippen molar-refractivity contribution in [3.63, 3.8) is 0 Å². The van der Waals surface area contributed by atoms with Crippen molar-refractivity contribution >= 4 is 0 Å². The summed E-state index contributed by atoms with van der Waals surface area (Å²) in [6.07, 6.45) is 5.41. The Kier molecular flexibility index (Phi) is 3.43. The van der Waals surface area contributed by atoms with Crippen LogP contribution in [0.1, 0.15) is 32.6 Å². The third-order valence-electron chi connectivity index (χ3n) is 1.96. The van der Waals surface area contributed by atoms with E-state index in [-0.39, 0.29) is 0 Å². The van der Waals surface area contributed by atoms with Crippen molar-refractivity contribution in [3.05, 3.63) is 12.3 Å². The van der Waals surface area contributed by atoms with E-state index in [0.717, 1.165) is 5.70 Å². The van der Waals surface area contributed by atoms with Gasteiger partial charge in [0.15, 0.2) is 0 Å². The van der Waals surface area contributed by atoms with Gasteiger partial charge in [-0.2, -0.15) is 0 Å². The van der Waals surface area contributed by atoms with Gasteiger partial charge in [0.25, 0.3) is 0 Å². The van der Waals surface area contributed by atoms with Crippen LogP contribution >= 0.6 is 0 Å². The summed E-state index contributed by atoms with van der Waals surface area (Å²) in [4.78, 5) is 0. The first-order valence-electron chi connectivity index (χ1n) is 4.46. The lowest BCUT2D eigenvalue weighted by atomic mass is 10.2. The van der Waals surface area contributed by atoms with Crippen LogP contribution in [0.4, 0.5) is 0 Å². The zero-order valence-electron chi connectivity index (χ0n) is 7.40. The average Bonchev–Trinajstić information content (AvgIpc) is 2.14. The summed E-state index contributed by atoms with van der Waals surface area (Å²) in [6, 6.07) is 0. The number of nitrogens with zero attached hydrogens (tertiary/aromatic N) is 1. The first-order chi connectivity index (χ1) is 5.29. The summed E-state index contributed by atoms with van der Waals surface area (Å²) in [7, 11) is 0. The Morgan fingerprint density at radius 3 is 2.18 bits per heavy atom. The second-order valence-corrected chi connectivity index (χ2v) is 3.29. The zero-order chi connectivity index (χ0) is 8.10. The number of rotatable bonds is 2. The summed E-state index contributed by atoms with van der Waals surface area (Å²) >= 11 is 0. The molecule has 0 aromatic heterocycles. The van der Waals surface area contributed by atoms with E-state index in [1.807, 2.05) is 6.92 Å². The van der Waals surface area contributed by atoms with E-state index in [1.54, 1.807) is 0 Å². The standard InChI is InChI=1S/C9H18N2/c1-9(2)10-11-7-5-3-4-6-8-11/h10H,1,3-8H2,2H3. The van der Waals surface area contributed by atoms with Gasteiger partial charge in [0, 0.05) is 18.8 Å². The van der Waals surface area contributed by atoms with E-state index in [1.165, 1.54) is 38.8 Å². The van der Waals surface area contributed by atoms with E-state index in [4.69, 9.17) is 0 Å². The molecule has 1 aliphatic rings. The maximum atomic E-state index is 3.83. The van der Waals surface area contributed by atoms with Crippen LogP contribution in [0.5, 0.6) is 0 Å². The van der Waals surface area contributed by atoms with Gasteiger partial charge in [0.05, 0.1) is 0 Å². The molecule has 0 aromatic carbocycles. The molecule has 1 rings (SSSR count). The Balaban J connectivity index is 2.25. The van der Waals surface area contributed by atoms with Gasteiger partial charge in [0.1, 0.15) is 0 Å². The molecule has 0 saturated carbocycles. The molecule has 64 valence electrons. The van der Waals surface area contributed by atoms with Crippen LogP contribution < -0.4 is 5.43 Å². The third-order valence-corrected chi connectivity index (χ3v) is 1.96. The fourth-order valence-corrected chi connectivity index (χ4v) is 1.45. The van der Waals surface area contributed by atoms with Gasteiger partial charge in [-0.05, 0) is 19.8 Å². The molecule has 1 fully saturated rings. The number of nitrogens with one attached hydrogen (secondary N) is 1. The van der Waals surface area contributed by atoms with Crippen molar-refractivity contribution in [3.8, 4) is 0 Å². The molecule has 1 saturated heterocycles. The fourth-order valence-electron chi connectivity index (χ4n) is 1.45. The number of hydrogen-bond donors (Lipinski definition) is 1. The highest BCUT2D eigenvalue weighted by Gasteiger charge is 2.06. The maximum Gasteiger partial charge on any atom is 0.0178 e. The predicted octanol–water partition coefficient (Wildman–Crippen LogP) is 1.90. The summed E-state index contributed by atoms with van der Waals surface area (Å²) in [5.74, 6) is 0. The molecule has 0 bridgehead atoms. The highest BCUT2D eigenvalue weighted by Crippen LogP contribution is 2.07. The van der Waals surface area contributed by atoms with E-state index < -0.39 is 0 Å².